The molecular formula is C18H20N2O5S. The SMILES string of the molecule is Cc1ccc(C)c(N(CC(=O)Nc2ccccc2C(=O)O)S(C)(=O)=O)c1. The number of carbonyl (C=O) groups excluding carboxylic acids is 1. The lowest BCUT2D eigenvalue weighted by atomic mass is 10.1. The van der Waals surface area contributed by atoms with Crippen LogP contribution in [-0.2, 0) is 14.8 Å². The second kappa shape index (κ2) is 7.57. The fourth-order valence-corrected chi connectivity index (χ4v) is 3.37. The van der Waals surface area contributed by atoms with Crippen LogP contribution in [0, 0.1) is 13.8 Å². The number of carboxylic acids is 1. The first-order valence-corrected chi connectivity index (χ1v) is 9.61. The summed E-state index contributed by atoms with van der Waals surface area (Å²) in [4.78, 5) is 23.6. The van der Waals surface area contributed by atoms with Crippen molar-refractivity contribution in [3.63, 3.8) is 0 Å². The van der Waals surface area contributed by atoms with Gasteiger partial charge < -0.3 is 10.4 Å². The normalized spacial score (nSPS) is 11.0. The molecule has 0 aliphatic carbocycles. The zero-order chi connectivity index (χ0) is 19.5. The van der Waals surface area contributed by atoms with Gasteiger partial charge in [-0.25, -0.2) is 13.2 Å². The van der Waals surface area contributed by atoms with E-state index >= 15 is 0 Å². The Morgan fingerprint density at radius 3 is 2.38 bits per heavy atom. The second-order valence-corrected chi connectivity index (χ2v) is 7.87. The summed E-state index contributed by atoms with van der Waals surface area (Å²) in [7, 11) is -3.71. The van der Waals surface area contributed by atoms with Gasteiger partial charge in [0.1, 0.15) is 6.54 Å². The molecule has 0 radical (unpaired) electrons. The van der Waals surface area contributed by atoms with Gasteiger partial charge >= 0.3 is 5.97 Å². The van der Waals surface area contributed by atoms with E-state index in [1.165, 1.54) is 18.2 Å². The highest BCUT2D eigenvalue weighted by Gasteiger charge is 2.23. The highest BCUT2D eigenvalue weighted by Crippen LogP contribution is 2.24. The monoisotopic (exact) mass is 376 g/mol. The smallest absolute Gasteiger partial charge is 0.337 e. The quantitative estimate of drug-likeness (QED) is 0.806. The predicted octanol–water partition coefficient (Wildman–Crippen LogP) is 2.41. The summed E-state index contributed by atoms with van der Waals surface area (Å²) in [5, 5.41) is 11.6. The van der Waals surface area contributed by atoms with Crippen molar-refractivity contribution in [2.75, 3.05) is 22.4 Å². The largest absolute Gasteiger partial charge is 0.478 e. The molecule has 2 aromatic carbocycles. The minimum absolute atomic E-state index is 0.0708. The number of rotatable bonds is 6. The van der Waals surface area contributed by atoms with Crippen LogP contribution in [0.1, 0.15) is 21.5 Å². The Kier molecular flexibility index (Phi) is 5.66. The molecule has 2 aromatic rings. The number of nitrogens with one attached hydrogen (secondary N) is 1. The van der Waals surface area contributed by atoms with Crippen LogP contribution in [0.5, 0.6) is 0 Å². The summed E-state index contributed by atoms with van der Waals surface area (Å²) in [6, 6.07) is 11.2. The molecule has 0 fully saturated rings. The van der Waals surface area contributed by atoms with Crippen LogP contribution < -0.4 is 9.62 Å². The molecule has 7 nitrogen and oxygen atoms in total. The van der Waals surface area contributed by atoms with Gasteiger partial charge in [-0.05, 0) is 43.2 Å². The molecule has 0 bridgehead atoms. The van der Waals surface area contributed by atoms with Crippen LogP contribution in [0.4, 0.5) is 11.4 Å². The number of para-hydroxylation sites is 1. The summed E-state index contributed by atoms with van der Waals surface area (Å²) < 4.78 is 25.4. The number of amides is 1. The van der Waals surface area contributed by atoms with Crippen molar-refractivity contribution in [1.82, 2.24) is 0 Å². The number of carbonyl (C=O) groups is 2. The minimum Gasteiger partial charge on any atom is -0.478 e. The van der Waals surface area contributed by atoms with Crippen molar-refractivity contribution in [2.45, 2.75) is 13.8 Å². The summed E-state index contributed by atoms with van der Waals surface area (Å²) >= 11 is 0. The lowest BCUT2D eigenvalue weighted by Gasteiger charge is -2.24. The molecule has 0 spiro atoms. The van der Waals surface area contributed by atoms with Crippen LogP contribution >= 0.6 is 0 Å². The first-order valence-electron chi connectivity index (χ1n) is 7.76. The summed E-state index contributed by atoms with van der Waals surface area (Å²) in [5.41, 5.74) is 2.02. The topological polar surface area (TPSA) is 104 Å². The lowest BCUT2D eigenvalue weighted by molar-refractivity contribution is -0.114. The van der Waals surface area contributed by atoms with E-state index in [1.54, 1.807) is 25.1 Å². The molecular weight excluding hydrogens is 356 g/mol. The Morgan fingerprint density at radius 2 is 1.77 bits per heavy atom. The van der Waals surface area contributed by atoms with Crippen molar-refractivity contribution in [3.8, 4) is 0 Å². The third-order valence-corrected chi connectivity index (χ3v) is 4.88. The molecule has 0 saturated carbocycles. The van der Waals surface area contributed by atoms with Gasteiger partial charge in [0.15, 0.2) is 0 Å². The highest BCUT2D eigenvalue weighted by atomic mass is 32.2. The number of aryl methyl sites for hydroxylation is 2. The van der Waals surface area contributed by atoms with E-state index in [0.29, 0.717) is 11.3 Å². The van der Waals surface area contributed by atoms with Gasteiger partial charge in [-0.15, -0.1) is 0 Å². The van der Waals surface area contributed by atoms with Gasteiger partial charge in [0.2, 0.25) is 15.9 Å². The summed E-state index contributed by atoms with van der Waals surface area (Å²) in [6.45, 7) is 3.12. The molecule has 0 aliphatic heterocycles. The number of carboxylic acid groups (broad SMARTS) is 1. The first kappa shape index (κ1) is 19.5. The van der Waals surface area contributed by atoms with Crippen LogP contribution in [-0.4, -0.2) is 38.2 Å². The molecule has 0 aromatic heterocycles. The average Bonchev–Trinajstić information content (AvgIpc) is 2.54. The van der Waals surface area contributed by atoms with Gasteiger partial charge in [-0.3, -0.25) is 9.10 Å². The van der Waals surface area contributed by atoms with Crippen LogP contribution in [0.2, 0.25) is 0 Å². The molecule has 2 N–H and O–H groups in total. The van der Waals surface area contributed by atoms with E-state index in [9.17, 15) is 23.1 Å². The number of anilines is 2. The van der Waals surface area contributed by atoms with E-state index in [1.807, 2.05) is 13.0 Å². The average molecular weight is 376 g/mol. The minimum atomic E-state index is -3.71. The lowest BCUT2D eigenvalue weighted by Crippen LogP contribution is -2.38. The molecule has 26 heavy (non-hydrogen) atoms. The first-order chi connectivity index (χ1) is 12.1. The third-order valence-electron chi connectivity index (χ3n) is 3.75. The van der Waals surface area contributed by atoms with E-state index in [2.05, 4.69) is 5.32 Å². The summed E-state index contributed by atoms with van der Waals surface area (Å²) in [5.74, 6) is -1.82. The number of sulfonamides is 1. The van der Waals surface area contributed by atoms with Gasteiger partial charge in [0.05, 0.1) is 23.2 Å². The van der Waals surface area contributed by atoms with Gasteiger partial charge in [0, 0.05) is 0 Å². The maximum Gasteiger partial charge on any atom is 0.337 e. The van der Waals surface area contributed by atoms with Crippen LogP contribution in [0.3, 0.4) is 0 Å². The number of hydrogen-bond donors (Lipinski definition) is 2. The third kappa shape index (κ3) is 4.60. The van der Waals surface area contributed by atoms with Gasteiger partial charge in [-0.2, -0.15) is 0 Å². The Bertz CT molecular complexity index is 954. The Labute approximate surface area is 152 Å². The van der Waals surface area contributed by atoms with Crippen molar-refractivity contribution in [2.24, 2.45) is 0 Å². The zero-order valence-corrected chi connectivity index (χ0v) is 15.5. The van der Waals surface area contributed by atoms with Crippen molar-refractivity contribution < 1.29 is 23.1 Å². The molecule has 8 heteroatoms. The number of hydrogen-bond acceptors (Lipinski definition) is 4. The molecule has 0 saturated heterocycles. The van der Waals surface area contributed by atoms with Crippen molar-refractivity contribution in [3.05, 3.63) is 59.2 Å². The molecule has 2 rings (SSSR count). The zero-order valence-electron chi connectivity index (χ0n) is 14.7. The van der Waals surface area contributed by atoms with Crippen molar-refractivity contribution >= 4 is 33.3 Å². The Morgan fingerprint density at radius 1 is 1.12 bits per heavy atom. The number of aromatic carboxylic acids is 1. The summed E-state index contributed by atoms with van der Waals surface area (Å²) in [6.07, 6.45) is 1.02. The van der Waals surface area contributed by atoms with E-state index < -0.39 is 28.4 Å². The predicted molar refractivity (Wildman–Crippen MR) is 100 cm³/mol. The molecule has 0 atom stereocenters. The van der Waals surface area contributed by atoms with Crippen molar-refractivity contribution in [1.29, 1.82) is 0 Å². The fraction of sp³-hybridized carbons (Fsp3) is 0.222. The molecule has 0 unspecified atom stereocenters. The molecule has 1 amide bonds. The molecule has 138 valence electrons. The van der Waals surface area contributed by atoms with Gasteiger partial charge in [0.25, 0.3) is 0 Å². The fourth-order valence-electron chi connectivity index (χ4n) is 2.47. The molecule has 0 heterocycles. The highest BCUT2D eigenvalue weighted by molar-refractivity contribution is 7.92. The van der Waals surface area contributed by atoms with Gasteiger partial charge in [-0.1, -0.05) is 24.3 Å². The molecule has 0 aliphatic rings. The number of benzene rings is 2. The number of nitrogens with zero attached hydrogens (tertiary/aromatic N) is 1. The standard InChI is InChI=1S/C18H20N2O5S/c1-12-8-9-13(2)16(10-12)20(26(3,24)25)11-17(21)19-15-7-5-4-6-14(15)18(22)23/h4-10H,11H2,1-3H3,(H,19,21)(H,22,23). The second-order valence-electron chi connectivity index (χ2n) is 5.96. The maximum absolute atomic E-state index is 12.4. The van der Waals surface area contributed by atoms with E-state index in [0.717, 1.165) is 16.1 Å². The Balaban J connectivity index is 2.32. The van der Waals surface area contributed by atoms with Crippen LogP contribution in [0.15, 0.2) is 42.5 Å². The van der Waals surface area contributed by atoms with E-state index in [-0.39, 0.29) is 11.3 Å². The Hall–Kier alpha value is -2.87. The van der Waals surface area contributed by atoms with E-state index in [4.69, 9.17) is 0 Å². The van der Waals surface area contributed by atoms with Crippen LogP contribution in [0.25, 0.3) is 0 Å². The maximum atomic E-state index is 12.4.